The second-order valence-corrected chi connectivity index (χ2v) is 10.6. The van der Waals surface area contributed by atoms with Crippen molar-refractivity contribution in [2.24, 2.45) is 4.99 Å². The number of fused-ring (bicyclic) bond motifs is 1. The van der Waals surface area contributed by atoms with Gasteiger partial charge in [-0.2, -0.15) is 0 Å². The second-order valence-electron chi connectivity index (χ2n) is 9.62. The molecule has 0 amide bonds. The van der Waals surface area contributed by atoms with Gasteiger partial charge in [0.05, 0.1) is 47.8 Å². The molecule has 1 atom stereocenters. The van der Waals surface area contributed by atoms with Crippen LogP contribution in [0.25, 0.3) is 6.08 Å². The predicted molar refractivity (Wildman–Crippen MR) is 151 cm³/mol. The SMILES string of the molecule is CCOC(=O)C1=C(C)N=c2s/c(=C/c3cccc(OC(C)C)c3)c(=O)n2[C@H]1c1ccc(OC(C)C)c(OC)c1. The van der Waals surface area contributed by atoms with Crippen molar-refractivity contribution < 1.29 is 23.7 Å². The fraction of sp³-hybridized carbons (Fsp3) is 0.367. The van der Waals surface area contributed by atoms with Crippen LogP contribution in [0.15, 0.2) is 63.5 Å². The third-order valence-corrected chi connectivity index (χ3v) is 6.89. The van der Waals surface area contributed by atoms with E-state index in [-0.39, 0.29) is 24.4 Å². The quantitative estimate of drug-likeness (QED) is 0.368. The summed E-state index contributed by atoms with van der Waals surface area (Å²) in [6.45, 7) is 11.5. The minimum absolute atomic E-state index is 0.0316. The lowest BCUT2D eigenvalue weighted by Gasteiger charge is -2.25. The van der Waals surface area contributed by atoms with Gasteiger partial charge in [-0.15, -0.1) is 0 Å². The molecule has 0 fully saturated rings. The zero-order valence-electron chi connectivity index (χ0n) is 23.3. The molecule has 0 N–H and O–H groups in total. The van der Waals surface area contributed by atoms with E-state index >= 15 is 0 Å². The lowest BCUT2D eigenvalue weighted by Crippen LogP contribution is -2.40. The summed E-state index contributed by atoms with van der Waals surface area (Å²) in [6, 6.07) is 12.3. The van der Waals surface area contributed by atoms with Crippen LogP contribution >= 0.6 is 11.3 Å². The molecule has 2 aromatic carbocycles. The maximum atomic E-state index is 13.9. The Labute approximate surface area is 231 Å². The van der Waals surface area contributed by atoms with Crippen LogP contribution < -0.4 is 29.1 Å². The van der Waals surface area contributed by atoms with Gasteiger partial charge in [0.1, 0.15) is 5.75 Å². The highest BCUT2D eigenvalue weighted by molar-refractivity contribution is 7.07. The third-order valence-electron chi connectivity index (χ3n) is 5.91. The topological polar surface area (TPSA) is 88.4 Å². The molecular weight excluding hydrogens is 516 g/mol. The van der Waals surface area contributed by atoms with Crippen molar-refractivity contribution in [2.75, 3.05) is 13.7 Å². The van der Waals surface area contributed by atoms with Crippen molar-refractivity contribution in [3.05, 3.63) is 84.5 Å². The van der Waals surface area contributed by atoms with Crippen LogP contribution in [0.1, 0.15) is 58.7 Å². The highest BCUT2D eigenvalue weighted by Crippen LogP contribution is 2.36. The van der Waals surface area contributed by atoms with Crippen molar-refractivity contribution in [2.45, 2.75) is 59.8 Å². The summed E-state index contributed by atoms with van der Waals surface area (Å²) >= 11 is 1.27. The Morgan fingerprint density at radius 1 is 1.08 bits per heavy atom. The van der Waals surface area contributed by atoms with Crippen LogP contribution in [0.5, 0.6) is 17.2 Å². The molecular formula is C30H34N2O6S. The van der Waals surface area contributed by atoms with Crippen LogP contribution in [0, 0.1) is 0 Å². The number of esters is 1. The normalized spacial score (nSPS) is 15.3. The zero-order valence-corrected chi connectivity index (χ0v) is 24.1. The van der Waals surface area contributed by atoms with Crippen LogP contribution in [-0.4, -0.2) is 36.5 Å². The molecule has 4 rings (SSSR count). The first-order valence-corrected chi connectivity index (χ1v) is 13.8. The highest BCUT2D eigenvalue weighted by atomic mass is 32.1. The number of ether oxygens (including phenoxy) is 4. The van der Waals surface area contributed by atoms with Crippen LogP contribution in [-0.2, 0) is 9.53 Å². The number of hydrogen-bond donors (Lipinski definition) is 0. The summed E-state index contributed by atoms with van der Waals surface area (Å²) < 4.78 is 24.7. The summed E-state index contributed by atoms with van der Waals surface area (Å²) in [5.41, 5.74) is 2.06. The number of aromatic nitrogens is 1. The van der Waals surface area contributed by atoms with Gasteiger partial charge in [0.25, 0.3) is 5.56 Å². The van der Waals surface area contributed by atoms with E-state index in [1.165, 1.54) is 11.3 Å². The van der Waals surface area contributed by atoms with Gasteiger partial charge >= 0.3 is 5.97 Å². The van der Waals surface area contributed by atoms with Crippen LogP contribution in [0.2, 0.25) is 0 Å². The average molecular weight is 551 g/mol. The Morgan fingerprint density at radius 3 is 2.49 bits per heavy atom. The first-order chi connectivity index (χ1) is 18.6. The summed E-state index contributed by atoms with van der Waals surface area (Å²) in [4.78, 5) is 32.2. The minimum Gasteiger partial charge on any atom is -0.493 e. The van der Waals surface area contributed by atoms with Crippen molar-refractivity contribution >= 4 is 23.4 Å². The van der Waals surface area contributed by atoms with Gasteiger partial charge in [-0.25, -0.2) is 9.79 Å². The van der Waals surface area contributed by atoms with E-state index in [1.807, 2.05) is 64.1 Å². The Kier molecular flexibility index (Phi) is 8.60. The van der Waals surface area contributed by atoms with E-state index in [2.05, 4.69) is 4.99 Å². The number of carbonyl (C=O) groups is 1. The molecule has 0 bridgehead atoms. The van der Waals surface area contributed by atoms with Gasteiger partial charge in [0.15, 0.2) is 16.3 Å². The molecule has 3 aromatic rings. The van der Waals surface area contributed by atoms with E-state index in [4.69, 9.17) is 18.9 Å². The number of methoxy groups -OCH3 is 1. The molecule has 0 saturated carbocycles. The number of carbonyl (C=O) groups excluding carboxylic acids is 1. The average Bonchev–Trinajstić information content (AvgIpc) is 3.17. The van der Waals surface area contributed by atoms with Gasteiger partial charge < -0.3 is 18.9 Å². The van der Waals surface area contributed by atoms with E-state index in [1.54, 1.807) is 37.7 Å². The third kappa shape index (κ3) is 6.09. The van der Waals surface area contributed by atoms with E-state index in [9.17, 15) is 9.59 Å². The van der Waals surface area contributed by atoms with Crippen molar-refractivity contribution in [3.8, 4) is 17.2 Å². The van der Waals surface area contributed by atoms with Gasteiger partial charge in [0, 0.05) is 0 Å². The molecule has 0 aliphatic carbocycles. The molecule has 0 radical (unpaired) electrons. The maximum Gasteiger partial charge on any atom is 0.338 e. The first kappa shape index (κ1) is 28.2. The molecule has 39 heavy (non-hydrogen) atoms. The lowest BCUT2D eigenvalue weighted by atomic mass is 9.95. The predicted octanol–water partition coefficient (Wildman–Crippen LogP) is 4.38. The summed E-state index contributed by atoms with van der Waals surface area (Å²) in [5, 5.41) is 0. The summed E-state index contributed by atoms with van der Waals surface area (Å²) in [5.74, 6) is 1.28. The number of hydrogen-bond acceptors (Lipinski definition) is 8. The van der Waals surface area contributed by atoms with Crippen molar-refractivity contribution in [1.29, 1.82) is 0 Å². The smallest absolute Gasteiger partial charge is 0.338 e. The Morgan fingerprint density at radius 2 is 1.82 bits per heavy atom. The molecule has 1 aliphatic rings. The molecule has 1 aromatic heterocycles. The number of thiazole rings is 1. The monoisotopic (exact) mass is 550 g/mol. The zero-order chi connectivity index (χ0) is 28.3. The summed E-state index contributed by atoms with van der Waals surface area (Å²) in [6.07, 6.45) is 1.80. The van der Waals surface area contributed by atoms with E-state index < -0.39 is 12.0 Å². The largest absolute Gasteiger partial charge is 0.493 e. The number of allylic oxidation sites excluding steroid dienone is 1. The van der Waals surface area contributed by atoms with Crippen LogP contribution in [0.4, 0.5) is 0 Å². The minimum atomic E-state index is -0.750. The highest BCUT2D eigenvalue weighted by Gasteiger charge is 2.34. The fourth-order valence-corrected chi connectivity index (χ4v) is 5.46. The maximum absolute atomic E-state index is 13.9. The number of rotatable bonds is 9. The molecule has 9 heteroatoms. The Bertz CT molecular complexity index is 1580. The lowest BCUT2D eigenvalue weighted by molar-refractivity contribution is -0.139. The van der Waals surface area contributed by atoms with Crippen molar-refractivity contribution in [3.63, 3.8) is 0 Å². The van der Waals surface area contributed by atoms with Gasteiger partial charge in [0.2, 0.25) is 0 Å². The van der Waals surface area contributed by atoms with Gasteiger partial charge in [-0.3, -0.25) is 9.36 Å². The standard InChI is InChI=1S/C30H34N2O6S/c1-8-36-29(34)26-19(6)31-30-32(27(26)21-12-13-23(38-18(4)5)24(16-21)35-7)28(33)25(39-30)15-20-10-9-11-22(14-20)37-17(2)3/h9-18,27H,8H2,1-7H3/b25-15+/t27-/m0/s1. The van der Waals surface area contributed by atoms with E-state index in [0.29, 0.717) is 37.7 Å². The molecule has 1 aliphatic heterocycles. The number of nitrogens with zero attached hydrogens (tertiary/aromatic N) is 2. The van der Waals surface area contributed by atoms with E-state index in [0.717, 1.165) is 11.3 Å². The Balaban J connectivity index is 1.90. The van der Waals surface area contributed by atoms with Crippen LogP contribution in [0.3, 0.4) is 0 Å². The van der Waals surface area contributed by atoms with Gasteiger partial charge in [-0.05, 0) is 83.0 Å². The molecule has 8 nitrogen and oxygen atoms in total. The summed E-state index contributed by atoms with van der Waals surface area (Å²) in [7, 11) is 1.56. The molecule has 0 spiro atoms. The molecule has 2 heterocycles. The van der Waals surface area contributed by atoms with Crippen molar-refractivity contribution in [1.82, 2.24) is 4.57 Å². The Hall–Kier alpha value is -3.85. The van der Waals surface area contributed by atoms with Gasteiger partial charge in [-0.1, -0.05) is 29.5 Å². The molecule has 0 saturated heterocycles. The molecule has 206 valence electrons. The molecule has 0 unspecified atom stereocenters. The number of benzene rings is 2. The second kappa shape index (κ2) is 11.9. The first-order valence-electron chi connectivity index (χ1n) is 12.9. The fourth-order valence-electron chi connectivity index (χ4n) is 4.41.